The zero-order valence-electron chi connectivity index (χ0n) is 12.9. The summed E-state index contributed by atoms with van der Waals surface area (Å²) in [7, 11) is -3.23. The molecular formula is C13H19F3N4O2S. The van der Waals surface area contributed by atoms with Gasteiger partial charge in [0.1, 0.15) is 5.69 Å². The maximum Gasteiger partial charge on any atom is 0.433 e. The SMILES string of the molecule is Cc1cc(C(F)(F)F)nc(N2CCC(CNS(C)(=O)=O)CC2)n1. The van der Waals surface area contributed by atoms with Crippen molar-refractivity contribution in [2.45, 2.75) is 25.9 Å². The molecule has 0 aliphatic carbocycles. The molecule has 2 heterocycles. The maximum absolute atomic E-state index is 12.8. The van der Waals surface area contributed by atoms with Crippen LogP contribution in [0.15, 0.2) is 6.07 Å². The van der Waals surface area contributed by atoms with Gasteiger partial charge in [-0.15, -0.1) is 0 Å². The largest absolute Gasteiger partial charge is 0.433 e. The first kappa shape index (κ1) is 17.9. The molecule has 23 heavy (non-hydrogen) atoms. The summed E-state index contributed by atoms with van der Waals surface area (Å²) in [5.41, 5.74) is -0.677. The summed E-state index contributed by atoms with van der Waals surface area (Å²) in [6, 6.07) is 0.923. The summed E-state index contributed by atoms with van der Waals surface area (Å²) in [6.45, 7) is 2.84. The van der Waals surface area contributed by atoms with Gasteiger partial charge in [0.25, 0.3) is 0 Å². The molecule has 130 valence electrons. The Morgan fingerprint density at radius 2 is 1.91 bits per heavy atom. The van der Waals surface area contributed by atoms with Gasteiger partial charge in [0, 0.05) is 25.3 Å². The molecule has 1 aliphatic rings. The number of anilines is 1. The molecule has 1 aromatic rings. The first-order valence-electron chi connectivity index (χ1n) is 7.17. The van der Waals surface area contributed by atoms with Crippen LogP contribution in [0, 0.1) is 12.8 Å². The summed E-state index contributed by atoms with van der Waals surface area (Å²) in [6.07, 6.45) is -2.07. The summed E-state index contributed by atoms with van der Waals surface area (Å²) < 4.78 is 63.1. The van der Waals surface area contributed by atoms with Crippen LogP contribution in [0.1, 0.15) is 24.2 Å². The van der Waals surface area contributed by atoms with Crippen LogP contribution in [0.2, 0.25) is 0 Å². The third kappa shape index (κ3) is 5.31. The highest BCUT2D eigenvalue weighted by molar-refractivity contribution is 7.88. The Balaban J connectivity index is 2.01. The molecule has 10 heteroatoms. The van der Waals surface area contributed by atoms with Crippen LogP contribution in [0.4, 0.5) is 19.1 Å². The molecule has 1 aliphatic heterocycles. The molecule has 0 atom stereocenters. The van der Waals surface area contributed by atoms with Crippen molar-refractivity contribution in [2.24, 2.45) is 5.92 Å². The van der Waals surface area contributed by atoms with Crippen molar-refractivity contribution in [3.63, 3.8) is 0 Å². The van der Waals surface area contributed by atoms with E-state index in [1.54, 1.807) is 4.90 Å². The number of halogens is 3. The molecule has 0 radical (unpaired) electrons. The topological polar surface area (TPSA) is 75.2 Å². The highest BCUT2D eigenvalue weighted by Crippen LogP contribution is 2.30. The van der Waals surface area contributed by atoms with E-state index in [1.807, 2.05) is 0 Å². The van der Waals surface area contributed by atoms with E-state index in [-0.39, 0.29) is 17.6 Å². The zero-order chi connectivity index (χ0) is 17.3. The number of piperidine rings is 1. The Kier molecular flexibility index (Phi) is 5.14. The average molecular weight is 352 g/mol. The molecule has 0 bridgehead atoms. The van der Waals surface area contributed by atoms with Crippen molar-refractivity contribution in [2.75, 3.05) is 30.8 Å². The normalized spacial score (nSPS) is 17.5. The summed E-state index contributed by atoms with van der Waals surface area (Å²) >= 11 is 0. The van der Waals surface area contributed by atoms with E-state index in [2.05, 4.69) is 14.7 Å². The van der Waals surface area contributed by atoms with Crippen LogP contribution in [-0.4, -0.2) is 44.3 Å². The molecular weight excluding hydrogens is 333 g/mol. The van der Waals surface area contributed by atoms with Crippen LogP contribution in [-0.2, 0) is 16.2 Å². The van der Waals surface area contributed by atoms with E-state index in [4.69, 9.17) is 0 Å². The van der Waals surface area contributed by atoms with Gasteiger partial charge in [0.15, 0.2) is 0 Å². The first-order chi connectivity index (χ1) is 10.5. The van der Waals surface area contributed by atoms with E-state index >= 15 is 0 Å². The van der Waals surface area contributed by atoms with Crippen molar-refractivity contribution < 1.29 is 21.6 Å². The molecule has 1 aromatic heterocycles. The van der Waals surface area contributed by atoms with Crippen LogP contribution in [0.25, 0.3) is 0 Å². The summed E-state index contributed by atoms with van der Waals surface area (Å²) in [5.74, 6) is 0.236. The number of rotatable bonds is 4. The second-order valence-electron chi connectivity index (χ2n) is 5.74. The lowest BCUT2D eigenvalue weighted by Gasteiger charge is -2.32. The number of hydrogen-bond acceptors (Lipinski definition) is 5. The lowest BCUT2D eigenvalue weighted by Crippen LogP contribution is -2.39. The van der Waals surface area contributed by atoms with E-state index in [0.717, 1.165) is 12.3 Å². The molecule has 0 aromatic carbocycles. The molecule has 0 spiro atoms. The Hall–Kier alpha value is -1.42. The van der Waals surface area contributed by atoms with Gasteiger partial charge in [-0.3, -0.25) is 0 Å². The van der Waals surface area contributed by atoms with Gasteiger partial charge in [-0.05, 0) is 31.7 Å². The third-order valence-corrected chi connectivity index (χ3v) is 4.36. The quantitative estimate of drug-likeness (QED) is 0.890. The molecule has 1 saturated heterocycles. The van der Waals surface area contributed by atoms with Crippen molar-refractivity contribution in [1.29, 1.82) is 0 Å². The van der Waals surface area contributed by atoms with Crippen molar-refractivity contribution in [1.82, 2.24) is 14.7 Å². The van der Waals surface area contributed by atoms with E-state index in [1.165, 1.54) is 6.92 Å². The van der Waals surface area contributed by atoms with Gasteiger partial charge in [-0.25, -0.2) is 23.1 Å². The van der Waals surface area contributed by atoms with Gasteiger partial charge in [0.2, 0.25) is 16.0 Å². The van der Waals surface area contributed by atoms with Crippen LogP contribution >= 0.6 is 0 Å². The fourth-order valence-corrected chi connectivity index (χ4v) is 2.98. The minimum Gasteiger partial charge on any atom is -0.341 e. The Morgan fingerprint density at radius 3 is 2.43 bits per heavy atom. The zero-order valence-corrected chi connectivity index (χ0v) is 13.7. The summed E-state index contributed by atoms with van der Waals surface area (Å²) in [4.78, 5) is 9.41. The van der Waals surface area contributed by atoms with E-state index in [9.17, 15) is 21.6 Å². The monoisotopic (exact) mass is 352 g/mol. The van der Waals surface area contributed by atoms with Gasteiger partial charge in [0.05, 0.1) is 6.26 Å². The minimum absolute atomic E-state index is 0.0758. The fraction of sp³-hybridized carbons (Fsp3) is 0.692. The first-order valence-corrected chi connectivity index (χ1v) is 9.06. The lowest BCUT2D eigenvalue weighted by atomic mass is 9.97. The molecule has 1 N–H and O–H groups in total. The second-order valence-corrected chi connectivity index (χ2v) is 7.58. The molecule has 2 rings (SSSR count). The predicted molar refractivity (Wildman–Crippen MR) is 79.6 cm³/mol. The van der Waals surface area contributed by atoms with Gasteiger partial charge >= 0.3 is 6.18 Å². The minimum atomic E-state index is -4.50. The molecule has 6 nitrogen and oxygen atoms in total. The molecule has 1 fully saturated rings. The van der Waals surface area contributed by atoms with E-state index < -0.39 is 21.9 Å². The number of aromatic nitrogens is 2. The molecule has 0 amide bonds. The Morgan fingerprint density at radius 1 is 1.30 bits per heavy atom. The van der Waals surface area contributed by atoms with Crippen LogP contribution in [0.3, 0.4) is 0 Å². The van der Waals surface area contributed by atoms with Gasteiger partial charge in [-0.2, -0.15) is 13.2 Å². The number of aryl methyl sites for hydroxylation is 1. The lowest BCUT2D eigenvalue weighted by molar-refractivity contribution is -0.141. The van der Waals surface area contributed by atoms with E-state index in [0.29, 0.717) is 32.5 Å². The number of sulfonamides is 1. The third-order valence-electron chi connectivity index (χ3n) is 3.66. The van der Waals surface area contributed by atoms with Crippen molar-refractivity contribution >= 4 is 16.0 Å². The van der Waals surface area contributed by atoms with Gasteiger partial charge in [-0.1, -0.05) is 0 Å². The number of alkyl halides is 3. The summed E-state index contributed by atoms with van der Waals surface area (Å²) in [5, 5.41) is 0. The van der Waals surface area contributed by atoms with Crippen LogP contribution in [0.5, 0.6) is 0 Å². The van der Waals surface area contributed by atoms with Crippen molar-refractivity contribution in [3.8, 4) is 0 Å². The number of hydrogen-bond donors (Lipinski definition) is 1. The Bertz CT molecular complexity index is 656. The van der Waals surface area contributed by atoms with Crippen LogP contribution < -0.4 is 9.62 Å². The Labute approximate surface area is 133 Å². The number of nitrogens with one attached hydrogen (secondary N) is 1. The van der Waals surface area contributed by atoms with Gasteiger partial charge < -0.3 is 4.90 Å². The second kappa shape index (κ2) is 6.60. The average Bonchev–Trinajstić information content (AvgIpc) is 2.43. The standard InChI is InChI=1S/C13H19F3N4O2S/c1-9-7-11(13(14,15)16)19-12(18-9)20-5-3-10(4-6-20)8-17-23(2,21)22/h7,10,17H,3-6,8H2,1-2H3. The highest BCUT2D eigenvalue weighted by Gasteiger charge is 2.34. The predicted octanol–water partition coefficient (Wildman–Crippen LogP) is 1.57. The molecule has 0 unspecified atom stereocenters. The molecule has 0 saturated carbocycles. The fourth-order valence-electron chi connectivity index (χ4n) is 2.45. The highest BCUT2D eigenvalue weighted by atomic mass is 32.2. The number of nitrogens with zero attached hydrogens (tertiary/aromatic N) is 3. The van der Waals surface area contributed by atoms with Crippen molar-refractivity contribution in [3.05, 3.63) is 17.5 Å². The maximum atomic E-state index is 12.8. The smallest absolute Gasteiger partial charge is 0.341 e.